The minimum Gasteiger partial charge on any atom is -0.496 e. The van der Waals surface area contributed by atoms with Crippen LogP contribution in [0.5, 0.6) is 5.75 Å². The Bertz CT molecular complexity index is 1570. The molecule has 38 heavy (non-hydrogen) atoms. The first-order chi connectivity index (χ1) is 18.1. The van der Waals surface area contributed by atoms with Crippen molar-refractivity contribution in [2.45, 2.75) is 25.9 Å². The van der Waals surface area contributed by atoms with E-state index in [4.69, 9.17) is 21.1 Å². The highest BCUT2D eigenvalue weighted by atomic mass is 35.5. The summed E-state index contributed by atoms with van der Waals surface area (Å²) < 4.78 is 12.3. The van der Waals surface area contributed by atoms with E-state index in [2.05, 4.69) is 15.2 Å². The van der Waals surface area contributed by atoms with Crippen molar-refractivity contribution in [1.29, 1.82) is 0 Å². The number of aryl methyl sites for hydroxylation is 1. The first-order valence-corrected chi connectivity index (χ1v) is 12.6. The fraction of sp³-hybridized carbons (Fsp3) is 0.185. The first-order valence-electron chi connectivity index (χ1n) is 11.4. The van der Waals surface area contributed by atoms with E-state index in [1.165, 1.54) is 14.2 Å². The molecule has 0 saturated heterocycles. The van der Waals surface area contributed by atoms with Gasteiger partial charge in [-0.2, -0.15) is 0 Å². The van der Waals surface area contributed by atoms with Crippen molar-refractivity contribution in [3.05, 3.63) is 80.5 Å². The van der Waals surface area contributed by atoms with Crippen LogP contribution in [0.3, 0.4) is 0 Å². The number of aromatic amines is 1. The van der Waals surface area contributed by atoms with Crippen molar-refractivity contribution in [3.63, 3.8) is 0 Å². The summed E-state index contributed by atoms with van der Waals surface area (Å²) in [6.45, 7) is 5.66. The molecule has 0 bridgehead atoms. The van der Waals surface area contributed by atoms with Gasteiger partial charge in [0.2, 0.25) is 5.16 Å². The third-order valence-electron chi connectivity index (χ3n) is 6.00. The number of aliphatic carboxylic acids is 1. The fourth-order valence-corrected chi connectivity index (χ4v) is 5.02. The number of carboxylic acid groups (broad SMARTS) is 1. The Morgan fingerprint density at radius 1 is 1.13 bits per heavy atom. The molecule has 0 aliphatic heterocycles. The predicted molar refractivity (Wildman–Crippen MR) is 146 cm³/mol. The number of methoxy groups -OCH3 is 2. The van der Waals surface area contributed by atoms with Crippen LogP contribution in [0.25, 0.3) is 23.2 Å². The summed E-state index contributed by atoms with van der Waals surface area (Å²) >= 11 is 7.05. The molecule has 9 nitrogen and oxygen atoms in total. The quantitative estimate of drug-likeness (QED) is 0.159. The van der Waals surface area contributed by atoms with Crippen LogP contribution in [0.15, 0.2) is 52.5 Å². The summed E-state index contributed by atoms with van der Waals surface area (Å²) in [5.74, 6) is -0.584. The van der Waals surface area contributed by atoms with Crippen LogP contribution in [0, 0.1) is 20.8 Å². The fourth-order valence-electron chi connectivity index (χ4n) is 4.15. The van der Waals surface area contributed by atoms with Gasteiger partial charge < -0.3 is 19.1 Å². The van der Waals surface area contributed by atoms with E-state index in [0.29, 0.717) is 33.3 Å². The van der Waals surface area contributed by atoms with Crippen LogP contribution < -0.4 is 4.74 Å². The molecule has 0 radical (unpaired) electrons. The number of esters is 1. The van der Waals surface area contributed by atoms with Gasteiger partial charge in [0.05, 0.1) is 25.3 Å². The van der Waals surface area contributed by atoms with Gasteiger partial charge in [-0.3, -0.25) is 5.10 Å². The summed E-state index contributed by atoms with van der Waals surface area (Å²) in [6.07, 6.45) is 1.58. The highest BCUT2D eigenvalue weighted by Gasteiger charge is 2.20. The molecule has 0 atom stereocenters. The average molecular weight is 553 g/mol. The molecule has 0 fully saturated rings. The van der Waals surface area contributed by atoms with Gasteiger partial charge in [0.1, 0.15) is 10.7 Å². The average Bonchev–Trinajstić information content (AvgIpc) is 3.47. The van der Waals surface area contributed by atoms with Gasteiger partial charge in [-0.25, -0.2) is 14.6 Å². The number of aromatic nitrogens is 4. The molecule has 196 valence electrons. The normalized spacial score (nSPS) is 11.5. The number of carbonyl (C=O) groups is 2. The number of thioether (sulfide) groups is 1. The van der Waals surface area contributed by atoms with Crippen LogP contribution in [0.1, 0.15) is 32.9 Å². The summed E-state index contributed by atoms with van der Waals surface area (Å²) in [5.41, 5.74) is 5.03. The summed E-state index contributed by atoms with van der Waals surface area (Å²) in [7, 11) is 2.88. The van der Waals surface area contributed by atoms with E-state index in [1.54, 1.807) is 36.4 Å². The van der Waals surface area contributed by atoms with Crippen molar-refractivity contribution < 1.29 is 24.2 Å². The van der Waals surface area contributed by atoms with Gasteiger partial charge in [0.15, 0.2) is 5.82 Å². The van der Waals surface area contributed by atoms with Crippen LogP contribution >= 0.6 is 23.4 Å². The zero-order chi connectivity index (χ0) is 27.6. The SMILES string of the molecule is COC(=O)c1cccc(-n2c(C)cc(/C=C(/Sc3n[nH]c(-c4cc(Cl)ccc4OC)n3)C(=O)O)c2C)c1C. The second-order valence-electron chi connectivity index (χ2n) is 8.33. The number of carbonyl (C=O) groups excluding carboxylic acids is 1. The number of hydrogen-bond acceptors (Lipinski definition) is 7. The highest BCUT2D eigenvalue weighted by Crippen LogP contribution is 2.34. The molecule has 0 aliphatic rings. The van der Waals surface area contributed by atoms with E-state index in [-0.39, 0.29) is 10.1 Å². The number of halogens is 1. The van der Waals surface area contributed by atoms with Crippen molar-refractivity contribution in [2.24, 2.45) is 0 Å². The maximum Gasteiger partial charge on any atom is 0.342 e. The van der Waals surface area contributed by atoms with Crippen molar-refractivity contribution in [1.82, 2.24) is 19.7 Å². The van der Waals surface area contributed by atoms with Crippen LogP contribution in [-0.4, -0.2) is 51.0 Å². The number of H-pyrrole nitrogens is 1. The molecule has 2 aromatic heterocycles. The lowest BCUT2D eigenvalue weighted by molar-refractivity contribution is -0.131. The zero-order valence-corrected chi connectivity index (χ0v) is 22.9. The lowest BCUT2D eigenvalue weighted by atomic mass is 10.1. The number of hydrogen-bond donors (Lipinski definition) is 2. The Balaban J connectivity index is 1.69. The molecule has 0 aliphatic carbocycles. The number of nitrogens with one attached hydrogen (secondary N) is 1. The van der Waals surface area contributed by atoms with E-state index in [1.807, 2.05) is 37.5 Å². The van der Waals surface area contributed by atoms with Gasteiger partial charge in [-0.05, 0) is 86.1 Å². The number of carboxylic acids is 1. The molecule has 11 heteroatoms. The molecule has 4 rings (SSSR count). The molecule has 2 aromatic carbocycles. The van der Waals surface area contributed by atoms with Crippen LogP contribution in [0.2, 0.25) is 5.02 Å². The number of ether oxygens (including phenoxy) is 2. The van der Waals surface area contributed by atoms with E-state index in [0.717, 1.165) is 34.4 Å². The predicted octanol–water partition coefficient (Wildman–Crippen LogP) is 5.85. The summed E-state index contributed by atoms with van der Waals surface area (Å²) in [6, 6.07) is 12.4. The second-order valence-corrected chi connectivity index (χ2v) is 9.78. The third-order valence-corrected chi connectivity index (χ3v) is 7.11. The van der Waals surface area contributed by atoms with E-state index < -0.39 is 11.9 Å². The molecule has 0 saturated carbocycles. The molecule has 0 amide bonds. The molecular formula is C27H25ClN4O5S. The van der Waals surface area contributed by atoms with Gasteiger partial charge >= 0.3 is 11.9 Å². The maximum atomic E-state index is 12.2. The topological polar surface area (TPSA) is 119 Å². The van der Waals surface area contributed by atoms with Crippen LogP contribution in [-0.2, 0) is 9.53 Å². The first kappa shape index (κ1) is 27.0. The van der Waals surface area contributed by atoms with Gasteiger partial charge in [-0.15, -0.1) is 5.10 Å². The zero-order valence-electron chi connectivity index (χ0n) is 21.3. The van der Waals surface area contributed by atoms with Crippen LogP contribution in [0.4, 0.5) is 0 Å². The lowest BCUT2D eigenvalue weighted by Gasteiger charge is -2.15. The summed E-state index contributed by atoms with van der Waals surface area (Å²) in [5, 5.41) is 17.7. The van der Waals surface area contributed by atoms with E-state index >= 15 is 0 Å². The Morgan fingerprint density at radius 3 is 2.58 bits per heavy atom. The standard InChI is InChI=1S/C27H25ClN4O5S/c1-14-11-17(16(3)32(14)21-8-6-7-19(15(21)2)26(35)37-5)12-23(25(33)34)38-27-29-24(30-31-27)20-13-18(28)9-10-22(20)36-4/h6-13H,1-5H3,(H,33,34)(H,29,30,31)/b23-12+. The van der Waals surface area contributed by atoms with E-state index in [9.17, 15) is 14.7 Å². The minimum absolute atomic E-state index is 0.0360. The number of rotatable bonds is 8. The van der Waals surface area contributed by atoms with Crippen molar-refractivity contribution in [2.75, 3.05) is 14.2 Å². The smallest absolute Gasteiger partial charge is 0.342 e. The number of benzene rings is 2. The van der Waals surface area contributed by atoms with Crippen molar-refractivity contribution in [3.8, 4) is 22.8 Å². The third kappa shape index (κ3) is 5.32. The van der Waals surface area contributed by atoms with Gasteiger partial charge in [-0.1, -0.05) is 17.7 Å². The Hall–Kier alpha value is -4.02. The molecule has 0 spiro atoms. The number of nitrogens with zero attached hydrogens (tertiary/aromatic N) is 3. The Labute approximate surface area is 228 Å². The molecule has 4 aromatic rings. The largest absolute Gasteiger partial charge is 0.496 e. The van der Waals surface area contributed by atoms with Gasteiger partial charge in [0.25, 0.3) is 0 Å². The Kier molecular flexibility index (Phi) is 7.94. The maximum absolute atomic E-state index is 12.2. The van der Waals surface area contributed by atoms with Crippen molar-refractivity contribution >= 4 is 41.4 Å². The Morgan fingerprint density at radius 2 is 1.89 bits per heavy atom. The van der Waals surface area contributed by atoms with Gasteiger partial charge in [0, 0.05) is 22.1 Å². The minimum atomic E-state index is -1.12. The highest BCUT2D eigenvalue weighted by molar-refractivity contribution is 8.04. The molecule has 2 N–H and O–H groups in total. The summed E-state index contributed by atoms with van der Waals surface area (Å²) in [4.78, 5) is 28.8. The molecule has 2 heterocycles. The molecular weight excluding hydrogens is 528 g/mol. The second kappa shape index (κ2) is 11.2. The molecule has 0 unspecified atom stereocenters. The monoisotopic (exact) mass is 552 g/mol. The lowest BCUT2D eigenvalue weighted by Crippen LogP contribution is -2.08.